The van der Waals surface area contributed by atoms with Gasteiger partial charge in [-0.1, -0.05) is 18.2 Å². The number of nitrogens with one attached hydrogen (secondary N) is 1. The molecule has 2 rings (SSSR count). The molecule has 0 saturated carbocycles. The number of non-ortho nitro benzene ring substituents is 1. The molecule has 26 heavy (non-hydrogen) atoms. The summed E-state index contributed by atoms with van der Waals surface area (Å²) in [4.78, 5) is 27.1. The predicted molar refractivity (Wildman–Crippen MR) is 101 cm³/mol. The third-order valence-electron chi connectivity index (χ3n) is 3.60. The molecular weight excluding hydrogens is 334 g/mol. The summed E-state index contributed by atoms with van der Waals surface area (Å²) in [5.74, 6) is -0.801. The normalized spacial score (nSPS) is 12.3. The number of para-hydroxylation sites is 1. The lowest BCUT2D eigenvalue weighted by Crippen LogP contribution is -2.21. The van der Waals surface area contributed by atoms with E-state index < -0.39 is 10.8 Å². The van der Waals surface area contributed by atoms with Crippen LogP contribution in [-0.4, -0.2) is 28.2 Å². The van der Waals surface area contributed by atoms with Crippen molar-refractivity contribution >= 4 is 28.8 Å². The Morgan fingerprint density at radius 2 is 1.77 bits per heavy atom. The smallest absolute Gasteiger partial charge is 0.269 e. The van der Waals surface area contributed by atoms with E-state index in [4.69, 9.17) is 0 Å². The molecule has 0 fully saturated rings. The summed E-state index contributed by atoms with van der Waals surface area (Å²) in [6.07, 6.45) is 0. The minimum Gasteiger partial charge on any atom is -0.506 e. The van der Waals surface area contributed by atoms with Crippen molar-refractivity contribution in [3.05, 3.63) is 75.8 Å². The summed E-state index contributed by atoms with van der Waals surface area (Å²) in [7, 11) is 0. The van der Waals surface area contributed by atoms with Crippen LogP contribution in [0.15, 0.2) is 65.2 Å². The number of benzene rings is 2. The zero-order chi connectivity index (χ0) is 19.1. The molecule has 0 aliphatic rings. The molecule has 0 aliphatic carbocycles. The van der Waals surface area contributed by atoms with Crippen molar-refractivity contribution in [1.82, 2.24) is 0 Å². The minimum absolute atomic E-state index is 0.0181. The average molecular weight is 353 g/mol. The van der Waals surface area contributed by atoms with Gasteiger partial charge in [0.25, 0.3) is 11.6 Å². The second kappa shape index (κ2) is 8.57. The van der Waals surface area contributed by atoms with Gasteiger partial charge >= 0.3 is 0 Å². The Labute approximate surface area is 150 Å². The van der Waals surface area contributed by atoms with E-state index in [2.05, 4.69) is 10.3 Å². The second-order valence-electron chi connectivity index (χ2n) is 5.41. The molecule has 0 radical (unpaired) electrons. The molecule has 0 heterocycles. The Balaban J connectivity index is 2.45. The highest BCUT2D eigenvalue weighted by molar-refractivity contribution is 6.28. The maximum Gasteiger partial charge on any atom is 0.269 e. The van der Waals surface area contributed by atoms with E-state index in [-0.39, 0.29) is 17.0 Å². The third kappa shape index (κ3) is 4.54. The number of aliphatic hydroxyl groups excluding tert-OH is 1. The maximum absolute atomic E-state index is 12.7. The molecule has 1 amide bonds. The number of aliphatic hydroxyl groups is 1. The third-order valence-corrected chi connectivity index (χ3v) is 3.60. The second-order valence-corrected chi connectivity index (χ2v) is 5.41. The molecule has 0 aromatic heterocycles. The van der Waals surface area contributed by atoms with Crippen LogP contribution in [0.4, 0.5) is 11.4 Å². The van der Waals surface area contributed by atoms with E-state index in [0.29, 0.717) is 23.5 Å². The van der Waals surface area contributed by atoms with E-state index in [1.54, 1.807) is 31.2 Å². The first-order chi connectivity index (χ1) is 12.4. The molecular formula is C19H19N3O4. The van der Waals surface area contributed by atoms with E-state index in [9.17, 15) is 20.0 Å². The number of aliphatic imine (C=N–C) groups is 1. The van der Waals surface area contributed by atoms with E-state index in [0.717, 1.165) is 0 Å². The number of rotatable bonds is 6. The predicted octanol–water partition coefficient (Wildman–Crippen LogP) is 3.98. The van der Waals surface area contributed by atoms with Crippen LogP contribution in [0.2, 0.25) is 0 Å². The standard InChI is InChI=1S/C19H19N3O4/c1-3-20-13(2)17(19(24)21-15-7-5-4-6-8-15)18(23)14-9-11-16(12-10-14)22(25)26/h4-12,23H,3H2,1-2H3,(H,21,24)/b18-17-,20-13?. The molecule has 2 aromatic rings. The van der Waals surface area contributed by atoms with Crippen molar-refractivity contribution in [2.75, 3.05) is 11.9 Å². The fourth-order valence-electron chi connectivity index (χ4n) is 2.36. The monoisotopic (exact) mass is 353 g/mol. The van der Waals surface area contributed by atoms with Crippen molar-refractivity contribution in [2.24, 2.45) is 4.99 Å². The lowest BCUT2D eigenvalue weighted by Gasteiger charge is -2.12. The lowest BCUT2D eigenvalue weighted by atomic mass is 10.0. The molecule has 0 unspecified atom stereocenters. The van der Waals surface area contributed by atoms with Gasteiger partial charge in [-0.05, 0) is 38.1 Å². The largest absolute Gasteiger partial charge is 0.506 e. The Morgan fingerprint density at radius 1 is 1.15 bits per heavy atom. The van der Waals surface area contributed by atoms with E-state index >= 15 is 0 Å². The highest BCUT2D eigenvalue weighted by atomic mass is 16.6. The summed E-state index contributed by atoms with van der Waals surface area (Å²) in [5, 5.41) is 24.1. The van der Waals surface area contributed by atoms with Gasteiger partial charge in [-0.3, -0.25) is 19.9 Å². The Bertz CT molecular complexity index is 856. The molecule has 0 bridgehead atoms. The molecule has 134 valence electrons. The van der Waals surface area contributed by atoms with Crippen molar-refractivity contribution < 1.29 is 14.8 Å². The van der Waals surface area contributed by atoms with Crippen molar-refractivity contribution in [1.29, 1.82) is 0 Å². The summed E-state index contributed by atoms with van der Waals surface area (Å²) in [6.45, 7) is 3.89. The van der Waals surface area contributed by atoms with Crippen LogP contribution in [-0.2, 0) is 4.79 Å². The molecule has 0 spiro atoms. The molecule has 7 heteroatoms. The Kier molecular flexibility index (Phi) is 6.21. The van der Waals surface area contributed by atoms with Gasteiger partial charge in [-0.15, -0.1) is 0 Å². The number of nitrogens with zero attached hydrogens (tertiary/aromatic N) is 2. The van der Waals surface area contributed by atoms with Crippen LogP contribution in [0.1, 0.15) is 19.4 Å². The highest BCUT2D eigenvalue weighted by Gasteiger charge is 2.20. The van der Waals surface area contributed by atoms with Crippen LogP contribution in [0, 0.1) is 10.1 Å². The molecule has 2 N–H and O–H groups in total. The van der Waals surface area contributed by atoms with E-state index in [1.807, 2.05) is 13.0 Å². The van der Waals surface area contributed by atoms with Gasteiger partial charge < -0.3 is 10.4 Å². The summed E-state index contributed by atoms with van der Waals surface area (Å²) < 4.78 is 0. The molecule has 0 saturated heterocycles. The van der Waals surface area contributed by atoms with Crippen LogP contribution in [0.25, 0.3) is 5.76 Å². The minimum atomic E-state index is -0.530. The summed E-state index contributed by atoms with van der Waals surface area (Å²) in [6, 6.07) is 14.2. The van der Waals surface area contributed by atoms with Crippen LogP contribution in [0.3, 0.4) is 0 Å². The zero-order valence-electron chi connectivity index (χ0n) is 14.5. The first-order valence-electron chi connectivity index (χ1n) is 8.00. The van der Waals surface area contributed by atoms with Crippen LogP contribution < -0.4 is 5.32 Å². The number of nitro groups is 1. The number of carbonyl (C=O) groups is 1. The highest BCUT2D eigenvalue weighted by Crippen LogP contribution is 2.22. The summed E-state index contributed by atoms with van der Waals surface area (Å²) >= 11 is 0. The number of hydrogen-bond donors (Lipinski definition) is 2. The van der Waals surface area contributed by atoms with E-state index in [1.165, 1.54) is 24.3 Å². The van der Waals surface area contributed by atoms with Gasteiger partial charge in [0.15, 0.2) is 0 Å². The number of amides is 1. The number of anilines is 1. The van der Waals surface area contributed by atoms with Crippen molar-refractivity contribution in [3.8, 4) is 0 Å². The Morgan fingerprint density at radius 3 is 2.31 bits per heavy atom. The molecule has 7 nitrogen and oxygen atoms in total. The molecule has 2 aromatic carbocycles. The fraction of sp³-hybridized carbons (Fsp3) is 0.158. The zero-order valence-corrected chi connectivity index (χ0v) is 14.5. The van der Waals surface area contributed by atoms with Gasteiger partial charge in [0, 0.05) is 35.6 Å². The van der Waals surface area contributed by atoms with Gasteiger partial charge in [0.05, 0.1) is 4.92 Å². The molecule has 0 aliphatic heterocycles. The Hall–Kier alpha value is -3.48. The number of carbonyl (C=O) groups excluding carboxylic acids is 1. The van der Waals surface area contributed by atoms with Gasteiger partial charge in [0.2, 0.25) is 0 Å². The van der Waals surface area contributed by atoms with Crippen molar-refractivity contribution in [2.45, 2.75) is 13.8 Å². The maximum atomic E-state index is 12.7. The van der Waals surface area contributed by atoms with Gasteiger partial charge in [0.1, 0.15) is 11.3 Å². The lowest BCUT2D eigenvalue weighted by molar-refractivity contribution is -0.384. The first-order valence-corrected chi connectivity index (χ1v) is 8.00. The van der Waals surface area contributed by atoms with Gasteiger partial charge in [-0.2, -0.15) is 0 Å². The molecule has 0 atom stereocenters. The van der Waals surface area contributed by atoms with Crippen molar-refractivity contribution in [3.63, 3.8) is 0 Å². The van der Waals surface area contributed by atoms with Crippen LogP contribution >= 0.6 is 0 Å². The number of nitro benzene ring substituents is 1. The first kappa shape index (κ1) is 18.9. The SMILES string of the molecule is CCN=C(C)/C(C(=O)Nc1ccccc1)=C(/O)c1ccc([N+](=O)[O-])cc1. The average Bonchev–Trinajstić information content (AvgIpc) is 2.63. The summed E-state index contributed by atoms with van der Waals surface area (Å²) in [5.41, 5.74) is 1.16. The fourth-order valence-corrected chi connectivity index (χ4v) is 2.36. The van der Waals surface area contributed by atoms with Gasteiger partial charge in [-0.25, -0.2) is 0 Å². The number of hydrogen-bond acceptors (Lipinski definition) is 5. The van der Waals surface area contributed by atoms with Crippen LogP contribution in [0.5, 0.6) is 0 Å². The topological polar surface area (TPSA) is 105 Å². The quantitative estimate of drug-likeness (QED) is 0.269.